The van der Waals surface area contributed by atoms with Gasteiger partial charge in [0.2, 0.25) is 0 Å². The van der Waals surface area contributed by atoms with Crippen molar-refractivity contribution >= 4 is 22.3 Å². The topological polar surface area (TPSA) is 63.3 Å². The first kappa shape index (κ1) is 17.2. The zero-order chi connectivity index (χ0) is 20.2. The molecule has 0 bridgehead atoms. The smallest absolute Gasteiger partial charge is 0.345 e. The van der Waals surface area contributed by atoms with Gasteiger partial charge in [-0.1, -0.05) is 36.4 Å². The van der Waals surface area contributed by atoms with Crippen molar-refractivity contribution in [3.05, 3.63) is 93.7 Å². The molecule has 0 radical (unpaired) electrons. The Balaban J connectivity index is 1.40. The average Bonchev–Trinajstić information content (AvgIpc) is 3.38. The Morgan fingerprint density at radius 3 is 2.70 bits per heavy atom. The molecule has 1 N–H and O–H groups in total. The van der Waals surface area contributed by atoms with Crippen molar-refractivity contribution in [1.29, 1.82) is 0 Å². The zero-order valence-electron chi connectivity index (χ0n) is 15.8. The number of phenols is 1. The van der Waals surface area contributed by atoms with Crippen molar-refractivity contribution in [3.63, 3.8) is 0 Å². The summed E-state index contributed by atoms with van der Waals surface area (Å²) >= 11 is 1.50. The minimum Gasteiger partial charge on any atom is -0.508 e. The fourth-order valence-electron chi connectivity index (χ4n) is 4.10. The highest BCUT2D eigenvalue weighted by atomic mass is 32.1. The number of thiazole rings is 1. The number of hydrogen-bond acceptors (Lipinski definition) is 5. The van der Waals surface area contributed by atoms with Gasteiger partial charge in [-0.15, -0.1) is 11.3 Å². The van der Waals surface area contributed by atoms with Crippen LogP contribution in [-0.2, 0) is 6.42 Å². The summed E-state index contributed by atoms with van der Waals surface area (Å²) in [5, 5.41) is 13.1. The van der Waals surface area contributed by atoms with E-state index in [1.807, 2.05) is 5.38 Å². The molecule has 2 aromatic heterocycles. The van der Waals surface area contributed by atoms with Crippen molar-refractivity contribution in [2.75, 3.05) is 0 Å². The van der Waals surface area contributed by atoms with Gasteiger partial charge < -0.3 is 9.52 Å². The molecule has 0 atom stereocenters. The van der Waals surface area contributed by atoms with Crippen LogP contribution in [0.4, 0.5) is 0 Å². The number of rotatable bonds is 2. The first-order chi connectivity index (χ1) is 14.7. The summed E-state index contributed by atoms with van der Waals surface area (Å²) in [7, 11) is 0. The third kappa shape index (κ3) is 2.67. The van der Waals surface area contributed by atoms with E-state index in [1.54, 1.807) is 18.2 Å². The lowest BCUT2D eigenvalue weighted by atomic mass is 10.0. The molecule has 30 heavy (non-hydrogen) atoms. The SMILES string of the molecule is O=c1oc2ccc(O)cc2cc1-c1csc(-c2ccc3c(c2)Cc2ccccc2-3)n1. The predicted molar refractivity (Wildman–Crippen MR) is 119 cm³/mol. The number of nitrogens with zero attached hydrogens (tertiary/aromatic N) is 1. The third-order valence-electron chi connectivity index (χ3n) is 5.54. The molecule has 1 aliphatic rings. The standard InChI is InChI=1S/C25H15NO3S/c27-18-6-8-23-17(11-18)12-21(25(28)29-23)22-13-30-24(26-22)15-5-7-20-16(10-15)9-14-3-1-2-4-19(14)20/h1-8,10-13,27H,9H2. The van der Waals surface area contributed by atoms with E-state index in [9.17, 15) is 9.90 Å². The Labute approximate surface area is 175 Å². The number of aromatic hydroxyl groups is 1. The van der Waals surface area contributed by atoms with Gasteiger partial charge in [0.15, 0.2) is 0 Å². The molecule has 0 saturated carbocycles. The van der Waals surface area contributed by atoms with Gasteiger partial charge in [0.05, 0.1) is 11.3 Å². The van der Waals surface area contributed by atoms with E-state index in [-0.39, 0.29) is 5.75 Å². The van der Waals surface area contributed by atoms with Gasteiger partial charge >= 0.3 is 5.63 Å². The minimum absolute atomic E-state index is 0.125. The van der Waals surface area contributed by atoms with E-state index in [4.69, 9.17) is 9.40 Å². The van der Waals surface area contributed by atoms with Gasteiger partial charge in [-0.05, 0) is 59.0 Å². The normalized spacial score (nSPS) is 12.1. The van der Waals surface area contributed by atoms with Gasteiger partial charge in [0.1, 0.15) is 16.3 Å². The Hall–Kier alpha value is -3.70. The third-order valence-corrected chi connectivity index (χ3v) is 6.43. The summed E-state index contributed by atoms with van der Waals surface area (Å²) in [6, 6.07) is 21.3. The quantitative estimate of drug-likeness (QED) is 0.364. The van der Waals surface area contributed by atoms with Gasteiger partial charge in [-0.3, -0.25) is 0 Å². The molecule has 4 nitrogen and oxygen atoms in total. The highest BCUT2D eigenvalue weighted by molar-refractivity contribution is 7.13. The van der Waals surface area contributed by atoms with Crippen LogP contribution >= 0.6 is 11.3 Å². The lowest BCUT2D eigenvalue weighted by Crippen LogP contribution is -2.02. The van der Waals surface area contributed by atoms with Crippen molar-refractivity contribution in [1.82, 2.24) is 4.98 Å². The second-order valence-corrected chi connectivity index (χ2v) is 8.27. The molecule has 2 heterocycles. The molecule has 0 amide bonds. The summed E-state index contributed by atoms with van der Waals surface area (Å²) in [6.07, 6.45) is 0.926. The number of aromatic nitrogens is 1. The summed E-state index contributed by atoms with van der Waals surface area (Å²) in [4.78, 5) is 17.2. The van der Waals surface area contributed by atoms with Gasteiger partial charge in [0.25, 0.3) is 0 Å². The van der Waals surface area contributed by atoms with E-state index >= 15 is 0 Å². The van der Waals surface area contributed by atoms with Crippen LogP contribution in [0, 0.1) is 0 Å². The number of hydrogen-bond donors (Lipinski definition) is 1. The maximum absolute atomic E-state index is 12.5. The van der Waals surface area contributed by atoms with Crippen LogP contribution in [-0.4, -0.2) is 10.1 Å². The van der Waals surface area contributed by atoms with E-state index in [1.165, 1.54) is 39.7 Å². The van der Waals surface area contributed by atoms with Crippen LogP contribution in [0.3, 0.4) is 0 Å². The largest absolute Gasteiger partial charge is 0.508 e. The molecule has 0 fully saturated rings. The summed E-state index contributed by atoms with van der Waals surface area (Å²) < 4.78 is 5.41. The average molecular weight is 409 g/mol. The van der Waals surface area contributed by atoms with Crippen LogP contribution in [0.2, 0.25) is 0 Å². The number of benzene rings is 3. The summed E-state index contributed by atoms with van der Waals surface area (Å²) in [5.74, 6) is 0.125. The summed E-state index contributed by atoms with van der Waals surface area (Å²) in [5.41, 5.74) is 7.25. The van der Waals surface area contributed by atoms with E-state index in [0.29, 0.717) is 22.2 Å². The van der Waals surface area contributed by atoms with Gasteiger partial charge in [-0.2, -0.15) is 0 Å². The van der Waals surface area contributed by atoms with Crippen molar-refractivity contribution in [3.8, 4) is 38.7 Å². The minimum atomic E-state index is -0.436. The zero-order valence-corrected chi connectivity index (χ0v) is 16.6. The highest BCUT2D eigenvalue weighted by Crippen LogP contribution is 2.39. The fraction of sp³-hybridized carbons (Fsp3) is 0.0400. The molecular weight excluding hydrogens is 394 g/mol. The number of phenolic OH excluding ortho intramolecular Hbond substituents is 1. The second kappa shape index (κ2) is 6.40. The lowest BCUT2D eigenvalue weighted by molar-refractivity contribution is 0.475. The second-order valence-electron chi connectivity index (χ2n) is 7.41. The molecule has 0 aliphatic heterocycles. The molecule has 0 spiro atoms. The first-order valence-corrected chi connectivity index (χ1v) is 10.5. The maximum Gasteiger partial charge on any atom is 0.345 e. The Kier molecular flexibility index (Phi) is 3.67. The molecule has 144 valence electrons. The Morgan fingerprint density at radius 2 is 1.77 bits per heavy atom. The predicted octanol–water partition coefficient (Wildman–Crippen LogP) is 5.86. The van der Waals surface area contributed by atoms with Gasteiger partial charge in [0, 0.05) is 16.3 Å². The van der Waals surface area contributed by atoms with Crippen LogP contribution in [0.25, 0.3) is 43.9 Å². The number of fused-ring (bicyclic) bond motifs is 4. The van der Waals surface area contributed by atoms with Crippen LogP contribution in [0.1, 0.15) is 11.1 Å². The van der Waals surface area contributed by atoms with Crippen molar-refractivity contribution in [2.45, 2.75) is 6.42 Å². The Morgan fingerprint density at radius 1 is 0.900 bits per heavy atom. The van der Waals surface area contributed by atoms with E-state index in [2.05, 4.69) is 42.5 Å². The molecule has 0 unspecified atom stereocenters. The lowest BCUT2D eigenvalue weighted by Gasteiger charge is -2.03. The molecule has 1 aliphatic carbocycles. The monoisotopic (exact) mass is 409 g/mol. The Bertz CT molecular complexity index is 1510. The van der Waals surface area contributed by atoms with E-state index < -0.39 is 5.63 Å². The fourth-order valence-corrected chi connectivity index (χ4v) is 4.91. The van der Waals surface area contributed by atoms with Crippen molar-refractivity contribution in [2.24, 2.45) is 0 Å². The highest BCUT2D eigenvalue weighted by Gasteiger charge is 2.19. The van der Waals surface area contributed by atoms with E-state index in [0.717, 1.165) is 17.0 Å². The molecule has 5 aromatic rings. The molecule has 3 aromatic carbocycles. The first-order valence-electron chi connectivity index (χ1n) is 9.60. The van der Waals surface area contributed by atoms with Crippen LogP contribution in [0.15, 0.2) is 81.3 Å². The summed E-state index contributed by atoms with van der Waals surface area (Å²) in [6.45, 7) is 0. The van der Waals surface area contributed by atoms with Crippen LogP contribution in [0.5, 0.6) is 5.75 Å². The molecule has 6 rings (SSSR count). The molecule has 0 saturated heterocycles. The van der Waals surface area contributed by atoms with Crippen LogP contribution < -0.4 is 5.63 Å². The molecule has 5 heteroatoms. The maximum atomic E-state index is 12.5. The van der Waals surface area contributed by atoms with Crippen molar-refractivity contribution < 1.29 is 9.52 Å². The van der Waals surface area contributed by atoms with Gasteiger partial charge in [-0.25, -0.2) is 9.78 Å². The molecular formula is C25H15NO3S.